The largest absolute Gasteiger partial charge is 0.274 e. The Kier molecular flexibility index (Phi) is 4.36. The van der Waals surface area contributed by atoms with E-state index in [1.165, 1.54) is 44.5 Å². The molecule has 0 bridgehead atoms. The summed E-state index contributed by atoms with van der Waals surface area (Å²) < 4.78 is 0. The number of nitrogens with two attached hydrogens (primary N) is 2. The van der Waals surface area contributed by atoms with Gasteiger partial charge in [0.2, 0.25) is 0 Å². The highest BCUT2D eigenvalue weighted by Crippen LogP contribution is 2.46. The second-order valence-corrected chi connectivity index (χ2v) is 6.18. The lowest BCUT2D eigenvalue weighted by Crippen LogP contribution is -2.02. The minimum Gasteiger partial charge on any atom is -0.274 e. The summed E-state index contributed by atoms with van der Waals surface area (Å²) in [6.45, 7) is 0. The van der Waals surface area contributed by atoms with Gasteiger partial charge in [-0.3, -0.25) is 11.7 Å². The molecule has 126 valence electrons. The van der Waals surface area contributed by atoms with Gasteiger partial charge in [-0.2, -0.15) is 0 Å². The Morgan fingerprint density at radius 2 is 0.385 bits per heavy atom. The van der Waals surface area contributed by atoms with Gasteiger partial charge in [0, 0.05) is 0 Å². The van der Waals surface area contributed by atoms with Gasteiger partial charge in [0.25, 0.3) is 0 Å². The minimum atomic E-state index is 1.30. The van der Waals surface area contributed by atoms with Crippen LogP contribution in [0.15, 0.2) is 97.1 Å². The fourth-order valence-corrected chi connectivity index (χ4v) is 3.81. The monoisotopic (exact) mass is 336 g/mol. The molecule has 1 aliphatic carbocycles. The highest BCUT2D eigenvalue weighted by Gasteiger charge is 2.20. The van der Waals surface area contributed by atoms with E-state index in [-0.39, 0.29) is 0 Å². The van der Waals surface area contributed by atoms with Gasteiger partial charge in [-0.25, -0.2) is 0 Å². The van der Waals surface area contributed by atoms with E-state index in [4.69, 9.17) is 0 Å². The summed E-state index contributed by atoms with van der Waals surface area (Å²) in [6.07, 6.45) is 0. The van der Waals surface area contributed by atoms with E-state index in [9.17, 15) is 0 Å². The zero-order valence-corrected chi connectivity index (χ0v) is 14.4. The Morgan fingerprint density at radius 3 is 0.500 bits per heavy atom. The van der Waals surface area contributed by atoms with Gasteiger partial charge in [0.15, 0.2) is 0 Å². The molecular weight excluding hydrogens is 316 g/mol. The van der Waals surface area contributed by atoms with E-state index in [1.807, 2.05) is 0 Å². The standard InChI is InChI=1S/C24H16.H4N2/c1-2-10-18-17(9-1)19-11-3-4-13-21(19)23-15-7-8-16-24(23)22-14-6-5-12-20(18)22;1-2/h1-16H;1-2H2. The van der Waals surface area contributed by atoms with Crippen molar-refractivity contribution >= 4 is 0 Å². The molecule has 0 amide bonds. The van der Waals surface area contributed by atoms with Gasteiger partial charge in [-0.1, -0.05) is 97.1 Å². The topological polar surface area (TPSA) is 52.0 Å². The van der Waals surface area contributed by atoms with E-state index in [1.54, 1.807) is 0 Å². The van der Waals surface area contributed by atoms with Gasteiger partial charge in [0.05, 0.1) is 0 Å². The second-order valence-electron chi connectivity index (χ2n) is 6.18. The SMILES string of the molecule is NN.c1ccc2c(c1)-c1ccccc1-c1ccccc1-c1ccccc1-2. The average Bonchev–Trinajstić information content (AvgIpc) is 2.74. The normalized spacial score (nSPS) is 10.7. The van der Waals surface area contributed by atoms with Crippen molar-refractivity contribution < 1.29 is 0 Å². The summed E-state index contributed by atoms with van der Waals surface area (Å²) in [5.74, 6) is 8.00. The van der Waals surface area contributed by atoms with Crippen LogP contribution >= 0.6 is 0 Å². The first-order chi connectivity index (χ1) is 12.9. The van der Waals surface area contributed by atoms with E-state index in [2.05, 4.69) is 109 Å². The van der Waals surface area contributed by atoms with Crippen molar-refractivity contribution in [1.82, 2.24) is 0 Å². The molecule has 0 heterocycles. The molecule has 2 heteroatoms. The summed E-state index contributed by atoms with van der Waals surface area (Å²) in [4.78, 5) is 0. The van der Waals surface area contributed by atoms with Crippen molar-refractivity contribution in [2.24, 2.45) is 11.7 Å². The van der Waals surface area contributed by atoms with Crippen LogP contribution in [-0.4, -0.2) is 0 Å². The molecule has 4 aromatic rings. The van der Waals surface area contributed by atoms with Crippen LogP contribution in [0.1, 0.15) is 0 Å². The van der Waals surface area contributed by atoms with Gasteiger partial charge < -0.3 is 0 Å². The third kappa shape index (κ3) is 2.53. The lowest BCUT2D eigenvalue weighted by molar-refractivity contribution is 1.26. The number of benzene rings is 4. The van der Waals surface area contributed by atoms with Crippen LogP contribution < -0.4 is 11.7 Å². The van der Waals surface area contributed by atoms with Crippen molar-refractivity contribution in [3.05, 3.63) is 97.1 Å². The molecule has 2 nitrogen and oxygen atoms in total. The van der Waals surface area contributed by atoms with Gasteiger partial charge in [0.1, 0.15) is 0 Å². The molecule has 26 heavy (non-hydrogen) atoms. The summed E-state index contributed by atoms with van der Waals surface area (Å²) >= 11 is 0. The predicted octanol–water partition coefficient (Wildman–Crippen LogP) is 5.49. The highest BCUT2D eigenvalue weighted by molar-refractivity contribution is 6.02. The Hall–Kier alpha value is -3.20. The fraction of sp³-hybridized carbons (Fsp3) is 0. The maximum atomic E-state index is 4.00. The van der Waals surface area contributed by atoms with E-state index < -0.39 is 0 Å². The Bertz CT molecular complexity index is 780. The maximum absolute atomic E-state index is 4.00. The number of hydrogen-bond acceptors (Lipinski definition) is 2. The van der Waals surface area contributed by atoms with E-state index in [0.29, 0.717) is 0 Å². The molecule has 0 saturated heterocycles. The molecule has 0 saturated carbocycles. The summed E-state index contributed by atoms with van der Waals surface area (Å²) in [5, 5.41) is 0. The molecule has 0 aliphatic heterocycles. The maximum Gasteiger partial charge on any atom is -0.00990 e. The van der Waals surface area contributed by atoms with Crippen molar-refractivity contribution in [2.45, 2.75) is 0 Å². The van der Waals surface area contributed by atoms with Crippen molar-refractivity contribution in [2.75, 3.05) is 0 Å². The molecule has 4 N–H and O–H groups in total. The zero-order valence-electron chi connectivity index (χ0n) is 14.4. The first-order valence-corrected chi connectivity index (χ1v) is 8.64. The van der Waals surface area contributed by atoms with Crippen LogP contribution in [0.4, 0.5) is 0 Å². The number of fused-ring (bicyclic) bond motifs is 8. The van der Waals surface area contributed by atoms with Gasteiger partial charge in [-0.15, -0.1) is 0 Å². The number of rotatable bonds is 0. The van der Waals surface area contributed by atoms with Crippen LogP contribution in [0.3, 0.4) is 0 Å². The minimum absolute atomic E-state index is 1.30. The molecule has 0 aromatic heterocycles. The van der Waals surface area contributed by atoms with Crippen LogP contribution in [0.2, 0.25) is 0 Å². The number of hydrogen-bond donors (Lipinski definition) is 2. The van der Waals surface area contributed by atoms with E-state index in [0.717, 1.165) is 0 Å². The van der Waals surface area contributed by atoms with Crippen LogP contribution in [0, 0.1) is 0 Å². The van der Waals surface area contributed by atoms with Gasteiger partial charge in [-0.05, 0) is 44.5 Å². The quantitative estimate of drug-likeness (QED) is 0.290. The predicted molar refractivity (Wildman–Crippen MR) is 110 cm³/mol. The molecule has 0 spiro atoms. The lowest BCUT2D eigenvalue weighted by Gasteiger charge is -2.22. The first-order valence-electron chi connectivity index (χ1n) is 8.64. The van der Waals surface area contributed by atoms with Crippen molar-refractivity contribution in [1.29, 1.82) is 0 Å². The molecule has 4 aromatic carbocycles. The summed E-state index contributed by atoms with van der Waals surface area (Å²) in [6, 6.07) is 34.9. The molecular formula is C24H20N2. The molecule has 0 atom stereocenters. The number of hydrazine groups is 1. The fourth-order valence-electron chi connectivity index (χ4n) is 3.81. The average molecular weight is 336 g/mol. The third-order valence-electron chi connectivity index (χ3n) is 4.87. The van der Waals surface area contributed by atoms with Crippen molar-refractivity contribution in [3.8, 4) is 44.5 Å². The van der Waals surface area contributed by atoms with Crippen LogP contribution in [-0.2, 0) is 0 Å². The first kappa shape index (κ1) is 16.3. The van der Waals surface area contributed by atoms with E-state index >= 15 is 0 Å². The molecule has 0 fully saturated rings. The van der Waals surface area contributed by atoms with Crippen molar-refractivity contribution in [3.63, 3.8) is 0 Å². The molecule has 1 aliphatic rings. The third-order valence-corrected chi connectivity index (χ3v) is 4.87. The smallest absolute Gasteiger partial charge is 0.00990 e. The second kappa shape index (κ2) is 6.96. The zero-order chi connectivity index (χ0) is 17.9. The Labute approximate surface area is 153 Å². The molecule has 0 radical (unpaired) electrons. The molecule has 0 unspecified atom stereocenters. The highest BCUT2D eigenvalue weighted by atomic mass is 15.0. The Balaban J connectivity index is 0.000000814. The molecule has 5 rings (SSSR count). The lowest BCUT2D eigenvalue weighted by atomic mass is 9.81. The summed E-state index contributed by atoms with van der Waals surface area (Å²) in [5.41, 5.74) is 10.4. The van der Waals surface area contributed by atoms with Crippen LogP contribution in [0.5, 0.6) is 0 Å². The van der Waals surface area contributed by atoms with Gasteiger partial charge >= 0.3 is 0 Å². The Morgan fingerprint density at radius 1 is 0.269 bits per heavy atom. The summed E-state index contributed by atoms with van der Waals surface area (Å²) in [7, 11) is 0. The van der Waals surface area contributed by atoms with Crippen LogP contribution in [0.25, 0.3) is 44.5 Å².